The first-order valence-corrected chi connectivity index (χ1v) is 6.49. The van der Waals surface area contributed by atoms with Crippen LogP contribution in [0.25, 0.3) is 0 Å². The Balaban J connectivity index is 1.75. The van der Waals surface area contributed by atoms with Gasteiger partial charge in [0.25, 0.3) is 11.8 Å². The highest BCUT2D eigenvalue weighted by molar-refractivity contribution is 5.95. The summed E-state index contributed by atoms with van der Waals surface area (Å²) in [5.41, 5.74) is 6.21. The van der Waals surface area contributed by atoms with Gasteiger partial charge in [-0.1, -0.05) is 35.9 Å². The molecule has 0 aromatic heterocycles. The SMILES string of the molecule is Cc1ccc(OCC(=O)NNC(=O)c2ccccc2)cc1. The van der Waals surface area contributed by atoms with E-state index in [0.717, 1.165) is 5.56 Å². The van der Waals surface area contributed by atoms with Crippen molar-refractivity contribution in [3.05, 3.63) is 65.7 Å². The Morgan fingerprint density at radius 1 is 0.952 bits per heavy atom. The van der Waals surface area contributed by atoms with E-state index in [1.807, 2.05) is 25.1 Å². The zero-order valence-electron chi connectivity index (χ0n) is 11.6. The monoisotopic (exact) mass is 284 g/mol. The number of carbonyl (C=O) groups excluding carboxylic acids is 2. The molecule has 2 amide bonds. The highest BCUT2D eigenvalue weighted by Crippen LogP contribution is 2.10. The summed E-state index contributed by atoms with van der Waals surface area (Å²) >= 11 is 0. The molecule has 0 heterocycles. The van der Waals surface area contributed by atoms with Crippen LogP contribution >= 0.6 is 0 Å². The van der Waals surface area contributed by atoms with Gasteiger partial charge in [0.05, 0.1) is 0 Å². The molecule has 2 rings (SSSR count). The summed E-state index contributed by atoms with van der Waals surface area (Å²) in [6.45, 7) is 1.80. The lowest BCUT2D eigenvalue weighted by Crippen LogP contribution is -2.43. The number of nitrogens with one attached hydrogen (secondary N) is 2. The number of carbonyl (C=O) groups is 2. The highest BCUT2D eigenvalue weighted by atomic mass is 16.5. The summed E-state index contributed by atoms with van der Waals surface area (Å²) < 4.78 is 5.30. The molecule has 2 N–H and O–H groups in total. The van der Waals surface area contributed by atoms with Crippen molar-refractivity contribution in [2.45, 2.75) is 6.92 Å². The van der Waals surface area contributed by atoms with Crippen LogP contribution in [-0.2, 0) is 4.79 Å². The van der Waals surface area contributed by atoms with Gasteiger partial charge in [-0.3, -0.25) is 20.4 Å². The number of hydrazine groups is 1. The molecule has 0 aliphatic heterocycles. The van der Waals surface area contributed by atoms with Gasteiger partial charge in [-0.05, 0) is 31.2 Å². The second-order valence-electron chi connectivity index (χ2n) is 4.47. The fourth-order valence-corrected chi connectivity index (χ4v) is 1.61. The van der Waals surface area contributed by atoms with E-state index in [1.54, 1.807) is 36.4 Å². The zero-order valence-corrected chi connectivity index (χ0v) is 11.6. The molecule has 0 saturated carbocycles. The number of rotatable bonds is 4. The highest BCUT2D eigenvalue weighted by Gasteiger charge is 2.07. The minimum atomic E-state index is -0.431. The van der Waals surface area contributed by atoms with Crippen LogP contribution in [0.3, 0.4) is 0 Å². The summed E-state index contributed by atoms with van der Waals surface area (Å²) in [5, 5.41) is 0. The van der Waals surface area contributed by atoms with E-state index in [0.29, 0.717) is 11.3 Å². The molecule has 0 saturated heterocycles. The molecule has 0 bridgehead atoms. The first-order valence-electron chi connectivity index (χ1n) is 6.49. The number of amides is 2. The van der Waals surface area contributed by atoms with Crippen LogP contribution in [0.2, 0.25) is 0 Å². The van der Waals surface area contributed by atoms with Gasteiger partial charge >= 0.3 is 0 Å². The second kappa shape index (κ2) is 7.09. The summed E-state index contributed by atoms with van der Waals surface area (Å²) in [4.78, 5) is 23.3. The minimum absolute atomic E-state index is 0.169. The lowest BCUT2D eigenvalue weighted by molar-refractivity contribution is -0.123. The van der Waals surface area contributed by atoms with Crippen molar-refractivity contribution in [2.24, 2.45) is 0 Å². The van der Waals surface area contributed by atoms with Crippen molar-refractivity contribution >= 4 is 11.8 Å². The van der Waals surface area contributed by atoms with E-state index >= 15 is 0 Å². The molecule has 2 aromatic rings. The Hall–Kier alpha value is -2.82. The van der Waals surface area contributed by atoms with Gasteiger partial charge in [-0.25, -0.2) is 0 Å². The smallest absolute Gasteiger partial charge is 0.276 e. The first kappa shape index (κ1) is 14.6. The van der Waals surface area contributed by atoms with Gasteiger partial charge < -0.3 is 4.74 Å². The molecule has 5 nitrogen and oxygen atoms in total. The summed E-state index contributed by atoms with van der Waals surface area (Å²) in [6, 6.07) is 16.0. The van der Waals surface area contributed by atoms with Crippen molar-refractivity contribution in [3.63, 3.8) is 0 Å². The Morgan fingerprint density at radius 2 is 1.62 bits per heavy atom. The fraction of sp³-hybridized carbons (Fsp3) is 0.125. The van der Waals surface area contributed by atoms with Crippen molar-refractivity contribution < 1.29 is 14.3 Å². The quantitative estimate of drug-likeness (QED) is 0.842. The van der Waals surface area contributed by atoms with Crippen LogP contribution in [0.5, 0.6) is 5.75 Å². The molecule has 2 aromatic carbocycles. The van der Waals surface area contributed by atoms with Crippen molar-refractivity contribution in [2.75, 3.05) is 6.61 Å². The lowest BCUT2D eigenvalue weighted by atomic mass is 10.2. The van der Waals surface area contributed by atoms with E-state index in [4.69, 9.17) is 4.74 Å². The molecule has 108 valence electrons. The predicted molar refractivity (Wildman–Crippen MR) is 78.7 cm³/mol. The van der Waals surface area contributed by atoms with Crippen LogP contribution in [0.4, 0.5) is 0 Å². The zero-order chi connectivity index (χ0) is 15.1. The summed E-state index contributed by atoms with van der Waals surface area (Å²) in [6.07, 6.45) is 0. The fourth-order valence-electron chi connectivity index (χ4n) is 1.61. The maximum absolute atomic E-state index is 11.7. The molecule has 0 aliphatic carbocycles. The van der Waals surface area contributed by atoms with E-state index in [9.17, 15) is 9.59 Å². The van der Waals surface area contributed by atoms with E-state index in [2.05, 4.69) is 10.9 Å². The topological polar surface area (TPSA) is 67.4 Å². The van der Waals surface area contributed by atoms with Crippen molar-refractivity contribution in [1.29, 1.82) is 0 Å². The van der Waals surface area contributed by atoms with Crippen molar-refractivity contribution in [1.82, 2.24) is 10.9 Å². The molecule has 0 unspecified atom stereocenters. The maximum Gasteiger partial charge on any atom is 0.276 e. The average Bonchev–Trinajstić information content (AvgIpc) is 2.53. The third kappa shape index (κ3) is 4.65. The first-order chi connectivity index (χ1) is 10.1. The van der Waals surface area contributed by atoms with Gasteiger partial charge in [0.15, 0.2) is 6.61 Å². The minimum Gasteiger partial charge on any atom is -0.484 e. The van der Waals surface area contributed by atoms with Gasteiger partial charge in [0.2, 0.25) is 0 Å². The van der Waals surface area contributed by atoms with Crippen LogP contribution < -0.4 is 15.6 Å². The second-order valence-corrected chi connectivity index (χ2v) is 4.47. The number of aryl methyl sites for hydroxylation is 1. The Bertz CT molecular complexity index is 609. The number of hydrogen-bond acceptors (Lipinski definition) is 3. The molecule has 0 atom stereocenters. The van der Waals surface area contributed by atoms with E-state index < -0.39 is 5.91 Å². The number of ether oxygens (including phenoxy) is 1. The molecule has 21 heavy (non-hydrogen) atoms. The molecule has 5 heteroatoms. The standard InChI is InChI=1S/C16H16N2O3/c1-12-7-9-14(10-8-12)21-11-15(19)17-18-16(20)13-5-3-2-4-6-13/h2-10H,11H2,1H3,(H,17,19)(H,18,20). The van der Waals surface area contributed by atoms with Gasteiger partial charge in [0.1, 0.15) is 5.75 Å². The number of benzene rings is 2. The predicted octanol–water partition coefficient (Wildman–Crippen LogP) is 1.84. The largest absolute Gasteiger partial charge is 0.484 e. The molecule has 0 fully saturated rings. The molecular weight excluding hydrogens is 268 g/mol. The molecular formula is C16H16N2O3. The van der Waals surface area contributed by atoms with Crippen LogP contribution in [0.1, 0.15) is 15.9 Å². The van der Waals surface area contributed by atoms with Crippen LogP contribution in [0.15, 0.2) is 54.6 Å². The Labute approximate surface area is 122 Å². The molecule has 0 radical (unpaired) electrons. The summed E-state index contributed by atoms with van der Waals surface area (Å²) in [5.74, 6) is -0.204. The van der Waals surface area contributed by atoms with Crippen LogP contribution in [0, 0.1) is 6.92 Å². The summed E-state index contributed by atoms with van der Waals surface area (Å²) in [7, 11) is 0. The molecule has 0 spiro atoms. The van der Waals surface area contributed by atoms with Gasteiger partial charge in [-0.2, -0.15) is 0 Å². The lowest BCUT2D eigenvalue weighted by Gasteiger charge is -2.09. The average molecular weight is 284 g/mol. The third-order valence-electron chi connectivity index (χ3n) is 2.74. The van der Waals surface area contributed by atoms with Crippen LogP contribution in [-0.4, -0.2) is 18.4 Å². The third-order valence-corrected chi connectivity index (χ3v) is 2.74. The normalized spacial score (nSPS) is 9.76. The maximum atomic E-state index is 11.7. The van der Waals surface area contributed by atoms with E-state index in [1.165, 1.54) is 0 Å². The van der Waals surface area contributed by atoms with Gasteiger partial charge in [-0.15, -0.1) is 0 Å². The van der Waals surface area contributed by atoms with E-state index in [-0.39, 0.29) is 12.5 Å². The van der Waals surface area contributed by atoms with Crippen molar-refractivity contribution in [3.8, 4) is 5.75 Å². The van der Waals surface area contributed by atoms with Gasteiger partial charge in [0, 0.05) is 5.56 Å². The molecule has 0 aliphatic rings. The number of hydrogen-bond donors (Lipinski definition) is 2. The Morgan fingerprint density at radius 3 is 2.29 bits per heavy atom. The Kier molecular flexibility index (Phi) is 4.93.